The first kappa shape index (κ1) is 19.7. The number of aromatic nitrogens is 5. The van der Waals surface area contributed by atoms with E-state index in [0.717, 1.165) is 72.1 Å². The lowest BCUT2D eigenvalue weighted by molar-refractivity contribution is -0.133. The predicted molar refractivity (Wildman–Crippen MR) is 126 cm³/mol. The van der Waals surface area contributed by atoms with Crippen molar-refractivity contribution in [1.29, 1.82) is 0 Å². The van der Waals surface area contributed by atoms with E-state index in [1.807, 2.05) is 29.4 Å². The molecule has 164 valence electrons. The minimum Gasteiger partial charge on any atom is -0.383 e. The van der Waals surface area contributed by atoms with E-state index in [0.29, 0.717) is 17.3 Å². The van der Waals surface area contributed by atoms with Crippen molar-refractivity contribution in [3.8, 4) is 23.6 Å². The molecule has 1 aliphatic carbocycles. The third-order valence-corrected chi connectivity index (χ3v) is 6.71. The molecule has 2 N–H and O–H groups in total. The van der Waals surface area contributed by atoms with E-state index in [9.17, 15) is 4.79 Å². The summed E-state index contributed by atoms with van der Waals surface area (Å²) in [6.07, 6.45) is 14.8. The zero-order valence-electron chi connectivity index (χ0n) is 18.1. The molecule has 33 heavy (non-hydrogen) atoms. The number of carbonyl (C=O) groups is 1. The minimum absolute atomic E-state index is 0.264. The Labute approximate surface area is 190 Å². The SMILES string of the molecule is C#Cc1cc(-c2ccc3ncc4ncn(C5CCN(C(=O)C6CC6)CC5)c4c3n2)cnc1N. The van der Waals surface area contributed by atoms with Gasteiger partial charge in [-0.15, -0.1) is 6.42 Å². The summed E-state index contributed by atoms with van der Waals surface area (Å²) in [5, 5.41) is 0. The highest BCUT2D eigenvalue weighted by molar-refractivity contribution is 6.00. The number of anilines is 1. The van der Waals surface area contributed by atoms with Crippen LogP contribution in [-0.4, -0.2) is 48.4 Å². The number of imidazole rings is 1. The second-order valence-corrected chi connectivity index (χ2v) is 8.84. The van der Waals surface area contributed by atoms with Crippen LogP contribution in [0.25, 0.3) is 33.3 Å². The number of likely N-dealkylation sites (tertiary alicyclic amines) is 1. The second kappa shape index (κ2) is 7.55. The number of rotatable bonds is 3. The van der Waals surface area contributed by atoms with Gasteiger partial charge in [-0.3, -0.25) is 9.78 Å². The molecular weight excluding hydrogens is 414 g/mol. The van der Waals surface area contributed by atoms with E-state index < -0.39 is 0 Å². The van der Waals surface area contributed by atoms with Crippen molar-refractivity contribution in [2.24, 2.45) is 5.92 Å². The molecule has 0 atom stereocenters. The summed E-state index contributed by atoms with van der Waals surface area (Å²) in [5.41, 5.74) is 11.3. The molecule has 5 heterocycles. The Morgan fingerprint density at radius 1 is 1.06 bits per heavy atom. The Morgan fingerprint density at radius 2 is 1.88 bits per heavy atom. The molecule has 8 heteroatoms. The van der Waals surface area contributed by atoms with Crippen LogP contribution in [0, 0.1) is 18.3 Å². The first-order valence-electron chi connectivity index (χ1n) is 11.3. The summed E-state index contributed by atoms with van der Waals surface area (Å²) in [7, 11) is 0. The lowest BCUT2D eigenvalue weighted by Crippen LogP contribution is -2.39. The number of piperidine rings is 1. The fourth-order valence-electron chi connectivity index (χ4n) is 4.70. The maximum absolute atomic E-state index is 12.4. The number of carbonyl (C=O) groups excluding carboxylic acids is 1. The molecular formula is C25H23N7O. The lowest BCUT2D eigenvalue weighted by Gasteiger charge is -2.33. The number of nitrogens with zero attached hydrogens (tertiary/aromatic N) is 6. The van der Waals surface area contributed by atoms with Crippen molar-refractivity contribution >= 4 is 33.8 Å². The molecule has 4 aromatic rings. The highest BCUT2D eigenvalue weighted by Gasteiger charge is 2.35. The molecule has 4 aromatic heterocycles. The average molecular weight is 438 g/mol. The third kappa shape index (κ3) is 3.37. The van der Waals surface area contributed by atoms with Gasteiger partial charge in [0.2, 0.25) is 5.91 Å². The number of hydrogen-bond acceptors (Lipinski definition) is 6. The van der Waals surface area contributed by atoms with Crippen molar-refractivity contribution in [3.63, 3.8) is 0 Å². The van der Waals surface area contributed by atoms with E-state index in [1.165, 1.54) is 0 Å². The van der Waals surface area contributed by atoms with Gasteiger partial charge in [0.1, 0.15) is 16.9 Å². The van der Waals surface area contributed by atoms with Gasteiger partial charge in [-0.1, -0.05) is 5.92 Å². The zero-order chi connectivity index (χ0) is 22.5. The lowest BCUT2D eigenvalue weighted by atomic mass is 10.0. The molecule has 1 amide bonds. The fraction of sp³-hybridized carbons (Fsp3) is 0.320. The van der Waals surface area contributed by atoms with Gasteiger partial charge in [0, 0.05) is 36.8 Å². The summed E-state index contributed by atoms with van der Waals surface area (Å²) >= 11 is 0. The molecule has 0 spiro atoms. The molecule has 2 fully saturated rings. The van der Waals surface area contributed by atoms with Crippen molar-refractivity contribution < 1.29 is 4.79 Å². The van der Waals surface area contributed by atoms with E-state index in [4.69, 9.17) is 17.1 Å². The first-order valence-corrected chi connectivity index (χ1v) is 11.3. The van der Waals surface area contributed by atoms with Crippen molar-refractivity contribution in [1.82, 2.24) is 29.4 Å². The number of hydrogen-bond donors (Lipinski definition) is 1. The van der Waals surface area contributed by atoms with E-state index in [1.54, 1.807) is 12.4 Å². The normalized spacial score (nSPS) is 16.9. The molecule has 8 nitrogen and oxygen atoms in total. The van der Waals surface area contributed by atoms with Crippen LogP contribution in [0.2, 0.25) is 0 Å². The van der Waals surface area contributed by atoms with E-state index >= 15 is 0 Å². The Kier molecular flexibility index (Phi) is 4.50. The van der Waals surface area contributed by atoms with Crippen LogP contribution < -0.4 is 5.73 Å². The second-order valence-electron chi connectivity index (χ2n) is 8.84. The van der Waals surface area contributed by atoms with Crippen molar-refractivity contribution in [2.45, 2.75) is 31.7 Å². The largest absolute Gasteiger partial charge is 0.383 e. The van der Waals surface area contributed by atoms with Crippen LogP contribution in [0.1, 0.15) is 37.3 Å². The fourth-order valence-corrected chi connectivity index (χ4v) is 4.70. The standard InChI is InChI=1S/C25H23N7O/c1-2-15-11-17(12-28-24(15)26)19-5-6-20-22(30-19)23-21(13-27-20)29-14-32(23)18-7-9-31(10-8-18)25(33)16-3-4-16/h1,5-6,11-14,16,18H,3-4,7-10H2,(H2,26,28). The van der Waals surface area contributed by atoms with Crippen LogP contribution in [-0.2, 0) is 4.79 Å². The zero-order valence-corrected chi connectivity index (χ0v) is 18.1. The summed E-state index contributed by atoms with van der Waals surface area (Å²) in [6.45, 7) is 1.57. The number of terminal acetylenes is 1. The maximum atomic E-state index is 12.4. The molecule has 1 saturated heterocycles. The van der Waals surface area contributed by atoms with Crippen LogP contribution >= 0.6 is 0 Å². The molecule has 0 radical (unpaired) electrons. The summed E-state index contributed by atoms with van der Waals surface area (Å²) in [4.78, 5) is 32.8. The van der Waals surface area contributed by atoms with Gasteiger partial charge in [0.05, 0.1) is 34.8 Å². The Bertz CT molecular complexity index is 1440. The quantitative estimate of drug-likeness (QED) is 0.494. The smallest absolute Gasteiger partial charge is 0.225 e. The van der Waals surface area contributed by atoms with Crippen LogP contribution in [0.3, 0.4) is 0 Å². The Morgan fingerprint density at radius 3 is 2.64 bits per heavy atom. The van der Waals surface area contributed by atoms with Gasteiger partial charge in [0.15, 0.2) is 0 Å². The van der Waals surface area contributed by atoms with Gasteiger partial charge < -0.3 is 15.2 Å². The van der Waals surface area contributed by atoms with Crippen molar-refractivity contribution in [2.75, 3.05) is 18.8 Å². The average Bonchev–Trinajstić information content (AvgIpc) is 3.62. The molecule has 2 aliphatic rings. The number of amides is 1. The van der Waals surface area contributed by atoms with Gasteiger partial charge in [0.25, 0.3) is 0 Å². The van der Waals surface area contributed by atoms with Gasteiger partial charge in [-0.25, -0.2) is 15.0 Å². The highest BCUT2D eigenvalue weighted by atomic mass is 16.2. The number of nitrogen functional groups attached to an aromatic ring is 1. The Balaban J connectivity index is 1.38. The molecule has 6 rings (SSSR count). The number of nitrogens with two attached hydrogens (primary N) is 1. The maximum Gasteiger partial charge on any atom is 0.225 e. The van der Waals surface area contributed by atoms with Crippen LogP contribution in [0.4, 0.5) is 5.82 Å². The van der Waals surface area contributed by atoms with Gasteiger partial charge in [-0.05, 0) is 43.9 Å². The predicted octanol–water partition coefficient (Wildman–Crippen LogP) is 3.18. The first-order chi connectivity index (χ1) is 16.1. The summed E-state index contributed by atoms with van der Waals surface area (Å²) in [5.74, 6) is 3.50. The van der Waals surface area contributed by atoms with E-state index in [-0.39, 0.29) is 12.0 Å². The van der Waals surface area contributed by atoms with Gasteiger partial charge in [-0.2, -0.15) is 0 Å². The summed E-state index contributed by atoms with van der Waals surface area (Å²) < 4.78 is 2.21. The minimum atomic E-state index is 0.264. The molecule has 0 aromatic carbocycles. The van der Waals surface area contributed by atoms with E-state index in [2.05, 4.69) is 25.4 Å². The molecule has 1 aliphatic heterocycles. The number of fused-ring (bicyclic) bond motifs is 3. The summed E-state index contributed by atoms with van der Waals surface area (Å²) in [6, 6.07) is 5.96. The van der Waals surface area contributed by atoms with Crippen molar-refractivity contribution in [3.05, 3.63) is 42.5 Å². The molecule has 1 saturated carbocycles. The molecule has 0 unspecified atom stereocenters. The monoisotopic (exact) mass is 437 g/mol. The number of pyridine rings is 3. The van der Waals surface area contributed by atoms with Crippen LogP contribution in [0.5, 0.6) is 0 Å². The molecule has 0 bridgehead atoms. The topological polar surface area (TPSA) is 103 Å². The Hall–Kier alpha value is -3.99. The highest BCUT2D eigenvalue weighted by Crippen LogP contribution is 2.35. The van der Waals surface area contributed by atoms with Gasteiger partial charge >= 0.3 is 0 Å². The van der Waals surface area contributed by atoms with Crippen LogP contribution in [0.15, 0.2) is 36.9 Å². The third-order valence-electron chi connectivity index (χ3n) is 6.71.